The monoisotopic (exact) mass is 290 g/mol. The van der Waals surface area contributed by atoms with Gasteiger partial charge in [-0.1, -0.05) is 12.1 Å². The number of rotatable bonds is 4. The van der Waals surface area contributed by atoms with Gasteiger partial charge >= 0.3 is 6.03 Å². The second-order valence-electron chi connectivity index (χ2n) is 4.86. The summed E-state index contributed by atoms with van der Waals surface area (Å²) in [5.74, 6) is 0.135. The van der Waals surface area contributed by atoms with E-state index in [9.17, 15) is 9.59 Å². The first-order chi connectivity index (χ1) is 9.97. The van der Waals surface area contributed by atoms with Crippen LogP contribution in [0.4, 0.5) is 4.79 Å². The zero-order valence-corrected chi connectivity index (χ0v) is 12.3. The fraction of sp³-hybridized carbons (Fsp3) is 0.357. The predicted molar refractivity (Wildman–Crippen MR) is 77.7 cm³/mol. The third kappa shape index (κ3) is 3.71. The number of para-hydroxylation sites is 1. The number of carbonyl (C=O) groups is 2. The number of benzene rings is 1. The maximum absolute atomic E-state index is 11.6. The Morgan fingerprint density at radius 3 is 2.71 bits per heavy atom. The number of nitrogens with one attached hydrogen (secondary N) is 2. The SMILES string of the molecule is Cc1cccc2oc(CNC(=O)CNC(=O)N(C)C)nc12. The number of hydrogen-bond donors (Lipinski definition) is 2. The van der Waals surface area contributed by atoms with Crippen LogP contribution in [0.2, 0.25) is 0 Å². The number of amides is 3. The first kappa shape index (κ1) is 14.8. The van der Waals surface area contributed by atoms with Crippen LogP contribution in [0.3, 0.4) is 0 Å². The minimum atomic E-state index is -0.317. The maximum Gasteiger partial charge on any atom is 0.317 e. The molecule has 2 aromatic rings. The summed E-state index contributed by atoms with van der Waals surface area (Å²) >= 11 is 0. The van der Waals surface area contributed by atoms with Crippen molar-refractivity contribution in [1.82, 2.24) is 20.5 Å². The van der Waals surface area contributed by atoms with E-state index >= 15 is 0 Å². The molecular weight excluding hydrogens is 272 g/mol. The lowest BCUT2D eigenvalue weighted by atomic mass is 10.2. The molecule has 1 aromatic carbocycles. The van der Waals surface area contributed by atoms with Gasteiger partial charge in [0.1, 0.15) is 5.52 Å². The molecule has 7 heteroatoms. The number of aryl methyl sites for hydroxylation is 1. The Hall–Kier alpha value is -2.57. The molecule has 0 saturated carbocycles. The second kappa shape index (κ2) is 6.25. The van der Waals surface area contributed by atoms with Crippen molar-refractivity contribution in [3.05, 3.63) is 29.7 Å². The lowest BCUT2D eigenvalue weighted by Gasteiger charge is -2.11. The second-order valence-corrected chi connectivity index (χ2v) is 4.86. The topological polar surface area (TPSA) is 87.5 Å². The summed E-state index contributed by atoms with van der Waals surface area (Å²) in [7, 11) is 3.21. The molecule has 0 atom stereocenters. The van der Waals surface area contributed by atoms with E-state index in [-0.39, 0.29) is 25.0 Å². The molecule has 3 amide bonds. The lowest BCUT2D eigenvalue weighted by Crippen LogP contribution is -2.41. The number of carbonyl (C=O) groups excluding carboxylic acids is 2. The molecular formula is C14H18N4O3. The van der Waals surface area contributed by atoms with Gasteiger partial charge in [0.2, 0.25) is 11.8 Å². The maximum atomic E-state index is 11.6. The summed E-state index contributed by atoms with van der Waals surface area (Å²) in [5.41, 5.74) is 2.51. The van der Waals surface area contributed by atoms with Crippen molar-refractivity contribution in [1.29, 1.82) is 0 Å². The van der Waals surface area contributed by atoms with Gasteiger partial charge in [-0.2, -0.15) is 0 Å². The quantitative estimate of drug-likeness (QED) is 0.880. The summed E-state index contributed by atoms with van der Waals surface area (Å²) < 4.78 is 5.54. The molecule has 1 heterocycles. The van der Waals surface area contributed by atoms with E-state index < -0.39 is 0 Å². The first-order valence-electron chi connectivity index (χ1n) is 6.54. The zero-order chi connectivity index (χ0) is 15.4. The van der Waals surface area contributed by atoms with Crippen LogP contribution < -0.4 is 10.6 Å². The van der Waals surface area contributed by atoms with E-state index in [1.807, 2.05) is 25.1 Å². The molecule has 0 aliphatic carbocycles. The summed E-state index contributed by atoms with van der Waals surface area (Å²) in [6.07, 6.45) is 0. The molecule has 0 aliphatic heterocycles. The molecule has 0 fully saturated rings. The van der Waals surface area contributed by atoms with Crippen LogP contribution in [0.5, 0.6) is 0 Å². The van der Waals surface area contributed by atoms with Gasteiger partial charge in [-0.15, -0.1) is 0 Å². The van der Waals surface area contributed by atoms with Crippen molar-refractivity contribution in [3.8, 4) is 0 Å². The van der Waals surface area contributed by atoms with Crippen molar-refractivity contribution < 1.29 is 14.0 Å². The standard InChI is InChI=1S/C14H18N4O3/c1-9-5-4-6-10-13(9)17-12(21-10)8-15-11(19)7-16-14(20)18(2)3/h4-6H,7-8H2,1-3H3,(H,15,19)(H,16,20). The third-order valence-corrected chi connectivity index (χ3v) is 2.91. The Balaban J connectivity index is 1.88. The number of fused-ring (bicyclic) bond motifs is 1. The Morgan fingerprint density at radius 1 is 1.29 bits per heavy atom. The van der Waals surface area contributed by atoms with Gasteiger partial charge < -0.3 is 20.0 Å². The number of oxazole rings is 1. The summed E-state index contributed by atoms with van der Waals surface area (Å²) in [5, 5.41) is 5.12. The van der Waals surface area contributed by atoms with Crippen LogP contribution in [-0.4, -0.2) is 42.5 Å². The third-order valence-electron chi connectivity index (χ3n) is 2.91. The van der Waals surface area contributed by atoms with E-state index in [4.69, 9.17) is 4.42 Å². The average molecular weight is 290 g/mol. The molecule has 0 saturated heterocycles. The Morgan fingerprint density at radius 2 is 2.05 bits per heavy atom. The van der Waals surface area contributed by atoms with Gasteiger partial charge in [0, 0.05) is 14.1 Å². The molecule has 0 spiro atoms. The van der Waals surface area contributed by atoms with Gasteiger partial charge in [0.05, 0.1) is 13.1 Å². The molecule has 112 valence electrons. The lowest BCUT2D eigenvalue weighted by molar-refractivity contribution is -0.120. The van der Waals surface area contributed by atoms with E-state index in [1.165, 1.54) is 4.90 Å². The van der Waals surface area contributed by atoms with Crippen molar-refractivity contribution in [3.63, 3.8) is 0 Å². The Labute approximate surface area is 122 Å². The van der Waals surface area contributed by atoms with Crippen LogP contribution >= 0.6 is 0 Å². The number of aromatic nitrogens is 1. The minimum Gasteiger partial charge on any atom is -0.439 e. The van der Waals surface area contributed by atoms with Gasteiger partial charge in [-0.05, 0) is 18.6 Å². The molecule has 0 bridgehead atoms. The van der Waals surface area contributed by atoms with E-state index in [0.717, 1.165) is 11.1 Å². The highest BCUT2D eigenvalue weighted by atomic mass is 16.3. The Kier molecular flexibility index (Phi) is 4.42. The summed E-state index contributed by atoms with van der Waals surface area (Å²) in [4.78, 5) is 28.6. The minimum absolute atomic E-state index is 0.0870. The number of hydrogen-bond acceptors (Lipinski definition) is 4. The van der Waals surface area contributed by atoms with E-state index in [1.54, 1.807) is 14.1 Å². The van der Waals surface area contributed by atoms with Crippen molar-refractivity contribution >= 4 is 23.0 Å². The first-order valence-corrected chi connectivity index (χ1v) is 6.54. The number of urea groups is 1. The highest BCUT2D eigenvalue weighted by Gasteiger charge is 2.10. The molecule has 2 N–H and O–H groups in total. The highest BCUT2D eigenvalue weighted by Crippen LogP contribution is 2.18. The predicted octanol–water partition coefficient (Wildman–Crippen LogP) is 1.02. The molecule has 0 radical (unpaired) electrons. The average Bonchev–Trinajstić information content (AvgIpc) is 2.87. The summed E-state index contributed by atoms with van der Waals surface area (Å²) in [6, 6.07) is 5.35. The molecule has 21 heavy (non-hydrogen) atoms. The normalized spacial score (nSPS) is 10.4. The Bertz CT molecular complexity index is 663. The van der Waals surface area contributed by atoms with E-state index in [2.05, 4.69) is 15.6 Å². The van der Waals surface area contributed by atoms with Crippen LogP contribution in [0.25, 0.3) is 11.1 Å². The zero-order valence-electron chi connectivity index (χ0n) is 12.3. The van der Waals surface area contributed by atoms with Crippen molar-refractivity contribution in [2.24, 2.45) is 0 Å². The molecule has 2 rings (SSSR count). The van der Waals surface area contributed by atoms with Gasteiger partial charge in [0.25, 0.3) is 0 Å². The highest BCUT2D eigenvalue weighted by molar-refractivity contribution is 5.83. The fourth-order valence-electron chi connectivity index (χ4n) is 1.76. The molecule has 1 aromatic heterocycles. The molecule has 7 nitrogen and oxygen atoms in total. The van der Waals surface area contributed by atoms with Crippen molar-refractivity contribution in [2.45, 2.75) is 13.5 Å². The van der Waals surface area contributed by atoms with Gasteiger partial charge in [-0.25, -0.2) is 9.78 Å². The van der Waals surface area contributed by atoms with E-state index in [0.29, 0.717) is 11.5 Å². The van der Waals surface area contributed by atoms with Crippen LogP contribution in [0, 0.1) is 6.92 Å². The summed E-state index contributed by atoms with van der Waals surface area (Å²) in [6.45, 7) is 2.05. The largest absolute Gasteiger partial charge is 0.439 e. The van der Waals surface area contributed by atoms with Crippen LogP contribution in [-0.2, 0) is 11.3 Å². The van der Waals surface area contributed by atoms with Crippen molar-refractivity contribution in [2.75, 3.05) is 20.6 Å². The van der Waals surface area contributed by atoms with Gasteiger partial charge in [-0.3, -0.25) is 4.79 Å². The fourth-order valence-corrected chi connectivity index (χ4v) is 1.76. The molecule has 0 aliphatic rings. The smallest absolute Gasteiger partial charge is 0.317 e. The van der Waals surface area contributed by atoms with Crippen LogP contribution in [0.15, 0.2) is 22.6 Å². The molecule has 0 unspecified atom stereocenters. The van der Waals surface area contributed by atoms with Crippen LogP contribution in [0.1, 0.15) is 11.5 Å². The number of nitrogens with zero attached hydrogens (tertiary/aromatic N) is 2. The van der Waals surface area contributed by atoms with Gasteiger partial charge in [0.15, 0.2) is 5.58 Å².